The van der Waals surface area contributed by atoms with E-state index in [1.54, 1.807) is 4.90 Å². The molecule has 2 bridgehead atoms. The second-order valence-corrected chi connectivity index (χ2v) is 3.52. The fraction of sp³-hybridized carbons (Fsp3) is 0.667. The molecule has 1 unspecified atom stereocenters. The van der Waals surface area contributed by atoms with Crippen LogP contribution in [0.2, 0.25) is 0 Å². The highest BCUT2D eigenvalue weighted by Gasteiger charge is 2.39. The standard InChI is InChI=1S/C9H13NO3/c1-13-9(12)10-6-2-3-7(10)5-8(11)4-6/h2-3,6-8,11H,4-5H2,1H3/t6-,7?,8-/m0/s1. The largest absolute Gasteiger partial charge is 0.453 e. The summed E-state index contributed by atoms with van der Waals surface area (Å²) in [6.07, 6.45) is 4.61. The smallest absolute Gasteiger partial charge is 0.410 e. The third kappa shape index (κ3) is 1.31. The molecule has 2 rings (SSSR count). The first-order valence-electron chi connectivity index (χ1n) is 4.45. The molecule has 0 spiro atoms. The predicted molar refractivity (Wildman–Crippen MR) is 46.2 cm³/mol. The summed E-state index contributed by atoms with van der Waals surface area (Å²) in [5.74, 6) is 0. The number of piperidine rings is 1. The van der Waals surface area contributed by atoms with Crippen molar-refractivity contribution in [3.8, 4) is 0 Å². The third-order valence-electron chi connectivity index (χ3n) is 2.68. The Balaban J connectivity index is 2.13. The summed E-state index contributed by atoms with van der Waals surface area (Å²) in [7, 11) is 1.38. The van der Waals surface area contributed by atoms with Gasteiger partial charge < -0.3 is 9.84 Å². The van der Waals surface area contributed by atoms with E-state index < -0.39 is 0 Å². The lowest BCUT2D eigenvalue weighted by molar-refractivity contribution is 0.0384. The molecule has 2 heterocycles. The van der Waals surface area contributed by atoms with E-state index in [0.717, 1.165) is 0 Å². The van der Waals surface area contributed by atoms with Crippen molar-refractivity contribution in [1.82, 2.24) is 4.90 Å². The summed E-state index contributed by atoms with van der Waals surface area (Å²) < 4.78 is 4.67. The van der Waals surface area contributed by atoms with Crippen molar-refractivity contribution in [1.29, 1.82) is 0 Å². The number of carbonyl (C=O) groups excluding carboxylic acids is 1. The van der Waals surface area contributed by atoms with E-state index in [1.807, 2.05) is 12.2 Å². The summed E-state index contributed by atoms with van der Waals surface area (Å²) in [6.45, 7) is 0. The molecular weight excluding hydrogens is 170 g/mol. The van der Waals surface area contributed by atoms with Crippen LogP contribution in [0.5, 0.6) is 0 Å². The van der Waals surface area contributed by atoms with Crippen molar-refractivity contribution >= 4 is 6.09 Å². The van der Waals surface area contributed by atoms with Crippen molar-refractivity contribution in [2.24, 2.45) is 0 Å². The van der Waals surface area contributed by atoms with E-state index in [1.165, 1.54) is 7.11 Å². The van der Waals surface area contributed by atoms with Crippen LogP contribution in [0.3, 0.4) is 0 Å². The molecule has 13 heavy (non-hydrogen) atoms. The average Bonchev–Trinajstić information content (AvgIpc) is 2.37. The fourth-order valence-corrected chi connectivity index (χ4v) is 2.10. The van der Waals surface area contributed by atoms with Gasteiger partial charge in [0, 0.05) is 0 Å². The van der Waals surface area contributed by atoms with E-state index in [2.05, 4.69) is 4.74 Å². The van der Waals surface area contributed by atoms with Crippen LogP contribution < -0.4 is 0 Å². The SMILES string of the molecule is COC(=O)N1C2C=C[C@H]1C[C@H](O)C2. The molecule has 1 N–H and O–H groups in total. The molecule has 0 aromatic carbocycles. The molecule has 4 nitrogen and oxygen atoms in total. The summed E-state index contributed by atoms with van der Waals surface area (Å²) in [5, 5.41) is 9.44. The van der Waals surface area contributed by atoms with Crippen LogP contribution in [-0.2, 0) is 4.74 Å². The number of fused-ring (bicyclic) bond motifs is 2. The Labute approximate surface area is 76.8 Å². The minimum Gasteiger partial charge on any atom is -0.453 e. The van der Waals surface area contributed by atoms with Gasteiger partial charge in [0.25, 0.3) is 0 Å². The molecule has 72 valence electrons. The molecule has 0 aromatic rings. The zero-order valence-corrected chi connectivity index (χ0v) is 7.51. The molecule has 1 amide bonds. The maximum Gasteiger partial charge on any atom is 0.410 e. The van der Waals surface area contributed by atoms with Crippen molar-refractivity contribution in [3.05, 3.63) is 12.2 Å². The second-order valence-electron chi connectivity index (χ2n) is 3.52. The van der Waals surface area contributed by atoms with Crippen molar-refractivity contribution < 1.29 is 14.6 Å². The van der Waals surface area contributed by atoms with Gasteiger partial charge in [-0.25, -0.2) is 4.79 Å². The lowest BCUT2D eigenvalue weighted by Gasteiger charge is -2.35. The average molecular weight is 183 g/mol. The van der Waals surface area contributed by atoms with Gasteiger partial charge in [-0.05, 0) is 12.8 Å². The first kappa shape index (κ1) is 8.56. The van der Waals surface area contributed by atoms with E-state index in [9.17, 15) is 9.90 Å². The van der Waals surface area contributed by atoms with Gasteiger partial charge in [0.05, 0.1) is 25.3 Å². The quantitative estimate of drug-likeness (QED) is 0.557. The van der Waals surface area contributed by atoms with Crippen LogP contribution in [0.25, 0.3) is 0 Å². The van der Waals surface area contributed by atoms with Crippen LogP contribution >= 0.6 is 0 Å². The molecule has 1 saturated heterocycles. The maximum absolute atomic E-state index is 11.3. The van der Waals surface area contributed by atoms with Gasteiger partial charge in [0.1, 0.15) is 0 Å². The highest BCUT2D eigenvalue weighted by Crippen LogP contribution is 2.30. The lowest BCUT2D eigenvalue weighted by Crippen LogP contribution is -2.48. The van der Waals surface area contributed by atoms with Gasteiger partial charge in [-0.1, -0.05) is 12.2 Å². The van der Waals surface area contributed by atoms with Gasteiger partial charge in [0.15, 0.2) is 0 Å². The van der Waals surface area contributed by atoms with Crippen molar-refractivity contribution in [2.75, 3.05) is 7.11 Å². The normalized spacial score (nSPS) is 36.5. The van der Waals surface area contributed by atoms with Crippen molar-refractivity contribution in [3.63, 3.8) is 0 Å². The van der Waals surface area contributed by atoms with Crippen LogP contribution in [0.1, 0.15) is 12.8 Å². The zero-order chi connectivity index (χ0) is 9.42. The summed E-state index contributed by atoms with van der Waals surface area (Å²) in [4.78, 5) is 13.0. The predicted octanol–water partition coefficient (Wildman–Crippen LogP) is 0.516. The number of carbonyl (C=O) groups is 1. The molecule has 4 heteroatoms. The first-order valence-corrected chi connectivity index (χ1v) is 4.45. The fourth-order valence-electron chi connectivity index (χ4n) is 2.10. The second kappa shape index (κ2) is 3.03. The Morgan fingerprint density at radius 1 is 1.46 bits per heavy atom. The first-order chi connectivity index (χ1) is 6.22. The molecule has 2 aliphatic rings. The Hall–Kier alpha value is -1.03. The van der Waals surface area contributed by atoms with Crippen LogP contribution in [0.4, 0.5) is 4.79 Å². The maximum atomic E-state index is 11.3. The molecule has 0 aliphatic carbocycles. The molecule has 0 saturated carbocycles. The molecule has 0 aromatic heterocycles. The number of rotatable bonds is 0. The Morgan fingerprint density at radius 3 is 2.46 bits per heavy atom. The van der Waals surface area contributed by atoms with Gasteiger partial charge in [-0.2, -0.15) is 0 Å². The number of amides is 1. The highest BCUT2D eigenvalue weighted by atomic mass is 16.5. The number of methoxy groups -OCH3 is 1. The van der Waals surface area contributed by atoms with Gasteiger partial charge >= 0.3 is 6.09 Å². The minimum atomic E-state index is -0.299. The van der Waals surface area contributed by atoms with Gasteiger partial charge in [-0.3, -0.25) is 4.90 Å². The topological polar surface area (TPSA) is 49.8 Å². The van der Waals surface area contributed by atoms with Gasteiger partial charge in [0.2, 0.25) is 0 Å². The zero-order valence-electron chi connectivity index (χ0n) is 7.51. The number of aliphatic hydroxyl groups is 1. The van der Waals surface area contributed by atoms with Crippen molar-refractivity contribution in [2.45, 2.75) is 31.0 Å². The molecule has 3 atom stereocenters. The summed E-state index contributed by atoms with van der Waals surface area (Å²) >= 11 is 0. The summed E-state index contributed by atoms with van der Waals surface area (Å²) in [5.41, 5.74) is 0. The molecule has 2 aliphatic heterocycles. The molecule has 0 radical (unpaired) electrons. The highest BCUT2D eigenvalue weighted by molar-refractivity contribution is 5.70. The number of ether oxygens (including phenoxy) is 1. The van der Waals surface area contributed by atoms with Crippen LogP contribution in [0.15, 0.2) is 12.2 Å². The van der Waals surface area contributed by atoms with Gasteiger partial charge in [-0.15, -0.1) is 0 Å². The lowest BCUT2D eigenvalue weighted by atomic mass is 10.00. The number of nitrogens with zero attached hydrogens (tertiary/aromatic N) is 1. The number of hydrogen-bond donors (Lipinski definition) is 1. The number of hydrogen-bond acceptors (Lipinski definition) is 3. The Bertz CT molecular complexity index is 235. The number of aliphatic hydroxyl groups excluding tert-OH is 1. The van der Waals surface area contributed by atoms with Crippen LogP contribution in [0, 0.1) is 0 Å². The molecular formula is C9H13NO3. The molecule has 1 fully saturated rings. The van der Waals surface area contributed by atoms with Crippen LogP contribution in [-0.4, -0.2) is 41.4 Å². The monoisotopic (exact) mass is 183 g/mol. The minimum absolute atomic E-state index is 0.0289. The van der Waals surface area contributed by atoms with E-state index in [-0.39, 0.29) is 24.3 Å². The van der Waals surface area contributed by atoms with E-state index >= 15 is 0 Å². The van der Waals surface area contributed by atoms with E-state index in [0.29, 0.717) is 12.8 Å². The Kier molecular flexibility index (Phi) is 2.00. The third-order valence-corrected chi connectivity index (χ3v) is 2.68. The van der Waals surface area contributed by atoms with E-state index in [4.69, 9.17) is 0 Å². The summed E-state index contributed by atoms with van der Waals surface area (Å²) in [6, 6.07) is 0.0578. The Morgan fingerprint density at radius 2 is 2.00 bits per heavy atom.